The molecule has 2 heterocycles. The predicted molar refractivity (Wildman–Crippen MR) is 112 cm³/mol. The summed E-state index contributed by atoms with van der Waals surface area (Å²) in [6.45, 7) is 3.80. The van der Waals surface area contributed by atoms with Crippen LogP contribution in [0.4, 0.5) is 13.2 Å². The molecule has 0 radical (unpaired) electrons. The number of ether oxygens (including phenoxy) is 3. The van der Waals surface area contributed by atoms with Crippen LogP contribution < -0.4 is 14.8 Å². The molecule has 11 heteroatoms. The molecule has 0 spiro atoms. The smallest absolute Gasteiger partial charge is 0.274 e. The van der Waals surface area contributed by atoms with Gasteiger partial charge in [0.15, 0.2) is 0 Å². The van der Waals surface area contributed by atoms with Gasteiger partial charge in [-0.3, -0.25) is 4.79 Å². The van der Waals surface area contributed by atoms with E-state index in [1.54, 1.807) is 0 Å². The van der Waals surface area contributed by atoms with Crippen LogP contribution in [0.1, 0.15) is 52.4 Å². The normalized spacial score (nSPS) is 24.0. The van der Waals surface area contributed by atoms with Crippen molar-refractivity contribution in [3.8, 4) is 11.1 Å². The largest absolute Gasteiger partial charge is 0.472 e. The quantitative estimate of drug-likeness (QED) is 0.618. The molecule has 7 nitrogen and oxygen atoms in total. The van der Waals surface area contributed by atoms with Crippen LogP contribution in [0.3, 0.4) is 0 Å². The van der Waals surface area contributed by atoms with Crippen molar-refractivity contribution >= 4 is 27.5 Å². The molecule has 0 aromatic carbocycles. The summed E-state index contributed by atoms with van der Waals surface area (Å²) in [5.74, 6) is -3.49. The molecule has 1 atom stereocenters. The third-order valence-corrected chi connectivity index (χ3v) is 6.53. The monoisotopic (exact) mass is 473 g/mol. The molecule has 176 valence electrons. The Morgan fingerprint density at radius 1 is 1.22 bits per heavy atom. The third kappa shape index (κ3) is 5.61. The molecule has 0 saturated heterocycles. The van der Waals surface area contributed by atoms with E-state index in [0.717, 1.165) is 24.2 Å². The topological polar surface area (TPSA) is 82.6 Å². The lowest BCUT2D eigenvalue weighted by Crippen LogP contribution is -2.43. The maximum absolute atomic E-state index is 14.9. The molecule has 2 fully saturated rings. The van der Waals surface area contributed by atoms with Crippen molar-refractivity contribution in [1.82, 2.24) is 15.3 Å². The van der Waals surface area contributed by atoms with E-state index < -0.39 is 17.8 Å². The molecule has 0 unspecified atom stereocenters. The van der Waals surface area contributed by atoms with E-state index in [1.165, 1.54) is 13.1 Å². The number of carbonyl (C=O) groups excluding carboxylic acids is 1. The van der Waals surface area contributed by atoms with Crippen molar-refractivity contribution < 1.29 is 32.2 Å². The van der Waals surface area contributed by atoms with E-state index in [-0.39, 0.29) is 52.8 Å². The number of alkyl halides is 2. The average molecular weight is 474 g/mol. The second kappa shape index (κ2) is 9.38. The minimum atomic E-state index is -2.69. The van der Waals surface area contributed by atoms with Gasteiger partial charge in [0.1, 0.15) is 22.4 Å². The van der Waals surface area contributed by atoms with E-state index in [9.17, 15) is 18.0 Å². The average Bonchev–Trinajstić information content (AvgIpc) is 3.11. The van der Waals surface area contributed by atoms with Gasteiger partial charge in [0.25, 0.3) is 17.0 Å². The number of halogens is 3. The number of rotatable bonds is 8. The minimum Gasteiger partial charge on any atom is -0.472 e. The molecule has 0 aliphatic heterocycles. The molecule has 1 N–H and O–H groups in total. The number of hydrogen-bond acceptors (Lipinski definition) is 7. The summed E-state index contributed by atoms with van der Waals surface area (Å²) in [7, 11) is 0. The SMILES string of the molecule is CC(=O)N[C@@H](C)COC1CCC(Oc2ncc3nc(OC4CC(F)(F)C4)sc3c2F)CC1. The molecule has 2 aromatic heterocycles. The van der Waals surface area contributed by atoms with Crippen molar-refractivity contribution in [3.05, 3.63) is 12.0 Å². The standard InChI is InChI=1S/C21H26F3N3O4S/c1-11(26-12(2)28)10-29-13-3-5-14(6-4-13)30-19-17(22)18-16(9-25-19)27-20(32-18)31-15-7-21(23,24)8-15/h9,11,13-15H,3-8,10H2,1-2H3,(H,26,28)/t11-,13?,14?/m0/s1. The summed E-state index contributed by atoms with van der Waals surface area (Å²) in [5.41, 5.74) is 0.311. The highest BCUT2D eigenvalue weighted by atomic mass is 32.1. The zero-order valence-electron chi connectivity index (χ0n) is 17.9. The Kier molecular flexibility index (Phi) is 6.75. The predicted octanol–water partition coefficient (Wildman–Crippen LogP) is 4.24. The van der Waals surface area contributed by atoms with Crippen LogP contribution in [0, 0.1) is 5.82 Å². The number of aromatic nitrogens is 2. The lowest BCUT2D eigenvalue weighted by Gasteiger charge is -2.33. The van der Waals surface area contributed by atoms with Crippen LogP contribution in [-0.4, -0.2) is 52.8 Å². The zero-order chi connectivity index (χ0) is 22.9. The van der Waals surface area contributed by atoms with Crippen LogP contribution in [0.25, 0.3) is 10.2 Å². The molecular weight excluding hydrogens is 447 g/mol. The highest BCUT2D eigenvalue weighted by Gasteiger charge is 2.47. The first-order valence-electron chi connectivity index (χ1n) is 10.7. The first kappa shape index (κ1) is 23.0. The lowest BCUT2D eigenvalue weighted by atomic mass is 9.91. The van der Waals surface area contributed by atoms with Crippen LogP contribution in [0.2, 0.25) is 0 Å². The fourth-order valence-corrected chi connectivity index (χ4v) is 4.82. The van der Waals surface area contributed by atoms with Crippen LogP contribution in [-0.2, 0) is 9.53 Å². The summed E-state index contributed by atoms with van der Waals surface area (Å²) in [6.07, 6.45) is 2.94. The Hall–Kier alpha value is -2.14. The summed E-state index contributed by atoms with van der Waals surface area (Å²) >= 11 is 0.968. The van der Waals surface area contributed by atoms with Crippen molar-refractivity contribution in [2.75, 3.05) is 6.61 Å². The number of carbonyl (C=O) groups is 1. The van der Waals surface area contributed by atoms with Gasteiger partial charge in [0.05, 0.1) is 18.9 Å². The first-order chi connectivity index (χ1) is 15.2. The van der Waals surface area contributed by atoms with Gasteiger partial charge in [-0.2, -0.15) is 4.39 Å². The maximum Gasteiger partial charge on any atom is 0.274 e. The number of fused-ring (bicyclic) bond motifs is 1. The van der Waals surface area contributed by atoms with Crippen LogP contribution in [0.15, 0.2) is 6.20 Å². The van der Waals surface area contributed by atoms with Gasteiger partial charge < -0.3 is 19.5 Å². The summed E-state index contributed by atoms with van der Waals surface area (Å²) in [6, 6.07) is -0.0550. The number of hydrogen-bond donors (Lipinski definition) is 1. The molecular formula is C21H26F3N3O4S. The maximum atomic E-state index is 14.9. The van der Waals surface area contributed by atoms with Gasteiger partial charge >= 0.3 is 0 Å². The van der Waals surface area contributed by atoms with Crippen molar-refractivity contribution in [1.29, 1.82) is 0 Å². The first-order valence-corrected chi connectivity index (χ1v) is 11.5. The second-order valence-electron chi connectivity index (χ2n) is 8.53. The molecule has 2 saturated carbocycles. The molecule has 32 heavy (non-hydrogen) atoms. The van der Waals surface area contributed by atoms with E-state index in [0.29, 0.717) is 25.0 Å². The Bertz CT molecular complexity index is 957. The molecule has 2 aliphatic carbocycles. The Morgan fingerprint density at radius 3 is 2.56 bits per heavy atom. The highest BCUT2D eigenvalue weighted by molar-refractivity contribution is 7.20. The minimum absolute atomic E-state index is 0.0550. The molecule has 0 bridgehead atoms. The van der Waals surface area contributed by atoms with Crippen LogP contribution in [0.5, 0.6) is 11.1 Å². The number of nitrogens with one attached hydrogen (secondary N) is 1. The summed E-state index contributed by atoms with van der Waals surface area (Å²) in [5, 5.41) is 2.94. The number of thiazole rings is 1. The second-order valence-corrected chi connectivity index (χ2v) is 9.49. The van der Waals surface area contributed by atoms with Crippen molar-refractivity contribution in [2.45, 2.75) is 82.6 Å². The molecule has 2 aliphatic rings. The van der Waals surface area contributed by atoms with Crippen molar-refractivity contribution in [2.24, 2.45) is 0 Å². The third-order valence-electron chi connectivity index (χ3n) is 5.58. The number of amides is 1. The summed E-state index contributed by atoms with van der Waals surface area (Å²) < 4.78 is 58.2. The van der Waals surface area contributed by atoms with E-state index in [1.807, 2.05) is 6.92 Å². The Balaban J connectivity index is 1.29. The van der Waals surface area contributed by atoms with E-state index in [4.69, 9.17) is 14.2 Å². The van der Waals surface area contributed by atoms with Gasteiger partial charge in [-0.15, -0.1) is 0 Å². The fourth-order valence-electron chi connectivity index (χ4n) is 3.94. The van der Waals surface area contributed by atoms with Crippen LogP contribution >= 0.6 is 11.3 Å². The molecule has 2 aromatic rings. The lowest BCUT2D eigenvalue weighted by molar-refractivity contribution is -0.134. The summed E-state index contributed by atoms with van der Waals surface area (Å²) in [4.78, 5) is 19.3. The zero-order valence-corrected chi connectivity index (χ0v) is 18.7. The number of pyridine rings is 1. The molecule has 4 rings (SSSR count). The fraction of sp³-hybridized carbons (Fsp3) is 0.667. The van der Waals surface area contributed by atoms with Gasteiger partial charge in [0.2, 0.25) is 11.7 Å². The molecule has 1 amide bonds. The number of nitrogens with zero attached hydrogens (tertiary/aromatic N) is 2. The Morgan fingerprint density at radius 2 is 1.91 bits per heavy atom. The van der Waals surface area contributed by atoms with Crippen molar-refractivity contribution in [3.63, 3.8) is 0 Å². The van der Waals surface area contributed by atoms with Gasteiger partial charge in [-0.25, -0.2) is 18.7 Å². The van der Waals surface area contributed by atoms with Gasteiger partial charge in [-0.05, 0) is 32.6 Å². The van der Waals surface area contributed by atoms with E-state index in [2.05, 4.69) is 15.3 Å². The Labute approximate surface area is 187 Å². The van der Waals surface area contributed by atoms with E-state index >= 15 is 0 Å². The van der Waals surface area contributed by atoms with Gasteiger partial charge in [-0.1, -0.05) is 11.3 Å². The van der Waals surface area contributed by atoms with Gasteiger partial charge in [0, 0.05) is 25.8 Å². The highest BCUT2D eigenvalue weighted by Crippen LogP contribution is 2.41.